The van der Waals surface area contributed by atoms with Gasteiger partial charge in [-0.1, -0.05) is 0 Å². The third-order valence-corrected chi connectivity index (χ3v) is 2.18. The maximum Gasteiger partial charge on any atom is 0.259 e. The molecule has 0 unspecified atom stereocenters. The maximum absolute atomic E-state index is 11.7. The Kier molecular flexibility index (Phi) is 1.65. The second-order valence-corrected chi connectivity index (χ2v) is 3.09. The van der Waals surface area contributed by atoms with Crippen molar-refractivity contribution in [3.63, 3.8) is 0 Å². The van der Waals surface area contributed by atoms with E-state index in [1.807, 2.05) is 19.1 Å². The average molecular weight is 174 g/mol. The lowest BCUT2D eigenvalue weighted by molar-refractivity contribution is 0.871. The van der Waals surface area contributed by atoms with E-state index in [4.69, 9.17) is 0 Å². The summed E-state index contributed by atoms with van der Waals surface area (Å²) in [6.07, 6.45) is 3.49. The van der Waals surface area contributed by atoms with E-state index < -0.39 is 0 Å². The molecule has 0 amide bonds. The van der Waals surface area contributed by atoms with E-state index in [0.29, 0.717) is 5.39 Å². The Balaban J connectivity index is 3.06. The fraction of sp³-hybridized carbons (Fsp3) is 0.200. The molecule has 0 bridgehead atoms. The molecule has 0 aromatic carbocycles. The SMILES string of the molecule is Cc1nccc2ccn(C)c(=O)c12. The first-order chi connectivity index (χ1) is 6.20. The van der Waals surface area contributed by atoms with Crippen molar-refractivity contribution < 1.29 is 0 Å². The Morgan fingerprint density at radius 3 is 2.92 bits per heavy atom. The van der Waals surface area contributed by atoms with Crippen molar-refractivity contribution in [3.8, 4) is 0 Å². The molecule has 0 saturated carbocycles. The molecule has 0 atom stereocenters. The summed E-state index contributed by atoms with van der Waals surface area (Å²) in [6, 6.07) is 3.77. The van der Waals surface area contributed by atoms with Crippen LogP contribution in [0.4, 0.5) is 0 Å². The summed E-state index contributed by atoms with van der Waals surface area (Å²) in [4.78, 5) is 15.8. The van der Waals surface area contributed by atoms with Crippen LogP contribution in [0.3, 0.4) is 0 Å². The van der Waals surface area contributed by atoms with Gasteiger partial charge in [0.2, 0.25) is 0 Å². The molecule has 3 heteroatoms. The molecule has 0 N–H and O–H groups in total. The van der Waals surface area contributed by atoms with Crippen molar-refractivity contribution in [2.45, 2.75) is 6.92 Å². The highest BCUT2D eigenvalue weighted by Gasteiger charge is 2.02. The van der Waals surface area contributed by atoms with Gasteiger partial charge in [-0.3, -0.25) is 9.78 Å². The zero-order chi connectivity index (χ0) is 9.42. The fourth-order valence-corrected chi connectivity index (χ4v) is 1.44. The van der Waals surface area contributed by atoms with Gasteiger partial charge in [0, 0.05) is 19.4 Å². The molecule has 0 saturated heterocycles. The summed E-state index contributed by atoms with van der Waals surface area (Å²) in [5, 5.41) is 1.67. The highest BCUT2D eigenvalue weighted by atomic mass is 16.1. The summed E-state index contributed by atoms with van der Waals surface area (Å²) in [5.41, 5.74) is 0.807. The van der Waals surface area contributed by atoms with E-state index in [-0.39, 0.29) is 5.56 Å². The Morgan fingerprint density at radius 2 is 2.15 bits per heavy atom. The Morgan fingerprint density at radius 1 is 1.38 bits per heavy atom. The monoisotopic (exact) mass is 174 g/mol. The molecule has 2 aromatic rings. The predicted molar refractivity (Wildman–Crippen MR) is 51.7 cm³/mol. The van der Waals surface area contributed by atoms with Crippen LogP contribution < -0.4 is 5.56 Å². The third kappa shape index (κ3) is 1.13. The van der Waals surface area contributed by atoms with Crippen LogP contribution in [0.25, 0.3) is 10.8 Å². The van der Waals surface area contributed by atoms with Crippen molar-refractivity contribution in [2.24, 2.45) is 7.05 Å². The van der Waals surface area contributed by atoms with Gasteiger partial charge < -0.3 is 4.57 Å². The van der Waals surface area contributed by atoms with Crippen molar-refractivity contribution in [1.29, 1.82) is 0 Å². The topological polar surface area (TPSA) is 34.9 Å². The van der Waals surface area contributed by atoms with Crippen LogP contribution in [0.2, 0.25) is 0 Å². The zero-order valence-electron chi connectivity index (χ0n) is 7.61. The summed E-state index contributed by atoms with van der Waals surface area (Å²) in [6.45, 7) is 1.85. The molecule has 13 heavy (non-hydrogen) atoms. The molecule has 0 fully saturated rings. The van der Waals surface area contributed by atoms with E-state index in [0.717, 1.165) is 11.1 Å². The molecule has 2 rings (SSSR count). The number of pyridine rings is 2. The fourth-order valence-electron chi connectivity index (χ4n) is 1.44. The van der Waals surface area contributed by atoms with Crippen molar-refractivity contribution in [1.82, 2.24) is 9.55 Å². The number of rotatable bonds is 0. The molecule has 0 aliphatic rings. The lowest BCUT2D eigenvalue weighted by atomic mass is 10.2. The summed E-state index contributed by atoms with van der Waals surface area (Å²) < 4.78 is 1.57. The third-order valence-electron chi connectivity index (χ3n) is 2.18. The molecule has 3 nitrogen and oxygen atoms in total. The van der Waals surface area contributed by atoms with Crippen LogP contribution in [-0.4, -0.2) is 9.55 Å². The van der Waals surface area contributed by atoms with Crippen molar-refractivity contribution >= 4 is 10.8 Å². The number of hydrogen-bond acceptors (Lipinski definition) is 2. The normalized spacial score (nSPS) is 10.6. The van der Waals surface area contributed by atoms with Crippen LogP contribution in [0.1, 0.15) is 5.69 Å². The van der Waals surface area contributed by atoms with Crippen LogP contribution in [-0.2, 0) is 7.05 Å². The van der Waals surface area contributed by atoms with E-state index in [9.17, 15) is 4.79 Å². The Bertz CT molecular complexity index is 514. The lowest BCUT2D eigenvalue weighted by Gasteiger charge is -2.02. The standard InChI is InChI=1S/C10H10N2O/c1-7-9-8(3-5-11-7)4-6-12(2)10(9)13/h3-6H,1-2H3. The van der Waals surface area contributed by atoms with Gasteiger partial charge in [-0.2, -0.15) is 0 Å². The van der Waals surface area contributed by atoms with Crippen LogP contribution in [0.15, 0.2) is 29.3 Å². The van der Waals surface area contributed by atoms with E-state index >= 15 is 0 Å². The minimum Gasteiger partial charge on any atom is -0.318 e. The molecule has 0 radical (unpaired) electrons. The van der Waals surface area contributed by atoms with E-state index in [1.54, 1.807) is 24.0 Å². The molecule has 2 heterocycles. The van der Waals surface area contributed by atoms with Gasteiger partial charge >= 0.3 is 0 Å². The Labute approximate surface area is 75.7 Å². The summed E-state index contributed by atoms with van der Waals surface area (Å²) in [7, 11) is 1.74. The summed E-state index contributed by atoms with van der Waals surface area (Å²) in [5.74, 6) is 0. The van der Waals surface area contributed by atoms with Crippen LogP contribution in [0.5, 0.6) is 0 Å². The van der Waals surface area contributed by atoms with Crippen LogP contribution in [0, 0.1) is 6.92 Å². The molecule has 2 aromatic heterocycles. The van der Waals surface area contributed by atoms with Gasteiger partial charge in [-0.15, -0.1) is 0 Å². The average Bonchev–Trinajstić information content (AvgIpc) is 2.12. The molecule has 0 aliphatic carbocycles. The summed E-state index contributed by atoms with van der Waals surface area (Å²) >= 11 is 0. The van der Waals surface area contributed by atoms with Gasteiger partial charge in [0.15, 0.2) is 0 Å². The first-order valence-electron chi connectivity index (χ1n) is 4.11. The molecule has 66 valence electrons. The van der Waals surface area contributed by atoms with Crippen molar-refractivity contribution in [2.75, 3.05) is 0 Å². The molecule has 0 aliphatic heterocycles. The van der Waals surface area contributed by atoms with Gasteiger partial charge in [0.05, 0.1) is 11.1 Å². The lowest BCUT2D eigenvalue weighted by Crippen LogP contribution is -2.16. The highest BCUT2D eigenvalue weighted by Crippen LogP contribution is 2.10. The second-order valence-electron chi connectivity index (χ2n) is 3.09. The minimum atomic E-state index is 0.0168. The smallest absolute Gasteiger partial charge is 0.259 e. The molecular formula is C10H10N2O. The molecular weight excluding hydrogens is 164 g/mol. The number of hydrogen-bond donors (Lipinski definition) is 0. The van der Waals surface area contributed by atoms with Crippen LogP contribution >= 0.6 is 0 Å². The maximum atomic E-state index is 11.7. The number of nitrogens with zero attached hydrogens (tertiary/aromatic N) is 2. The van der Waals surface area contributed by atoms with Gasteiger partial charge in [-0.05, 0) is 24.4 Å². The first-order valence-corrected chi connectivity index (χ1v) is 4.11. The van der Waals surface area contributed by atoms with Gasteiger partial charge in [-0.25, -0.2) is 0 Å². The largest absolute Gasteiger partial charge is 0.318 e. The van der Waals surface area contributed by atoms with Crippen molar-refractivity contribution in [3.05, 3.63) is 40.6 Å². The first kappa shape index (κ1) is 7.98. The second kappa shape index (κ2) is 2.69. The number of aromatic nitrogens is 2. The van der Waals surface area contributed by atoms with Gasteiger partial charge in [0.1, 0.15) is 0 Å². The zero-order valence-corrected chi connectivity index (χ0v) is 7.61. The van der Waals surface area contributed by atoms with E-state index in [2.05, 4.69) is 4.98 Å². The minimum absolute atomic E-state index is 0.0168. The number of fused-ring (bicyclic) bond motifs is 1. The van der Waals surface area contributed by atoms with Gasteiger partial charge in [0.25, 0.3) is 5.56 Å². The molecule has 0 spiro atoms. The Hall–Kier alpha value is -1.64. The predicted octanol–water partition coefficient (Wildman–Crippen LogP) is 1.24. The highest BCUT2D eigenvalue weighted by molar-refractivity contribution is 5.82. The van der Waals surface area contributed by atoms with E-state index in [1.165, 1.54) is 0 Å². The quantitative estimate of drug-likeness (QED) is 0.602. The number of aryl methyl sites for hydroxylation is 2.